The molecule has 4 rings (SSSR count). The van der Waals surface area contributed by atoms with E-state index in [0.717, 1.165) is 43.2 Å². The highest BCUT2D eigenvalue weighted by Gasteiger charge is 2.32. The third kappa shape index (κ3) is 7.75. The Hall–Kier alpha value is -3.02. The maximum Gasteiger partial charge on any atom is 0.261 e. The van der Waals surface area contributed by atoms with Crippen LogP contribution < -0.4 is 10.1 Å². The molecule has 5 nitrogen and oxygen atoms in total. The predicted octanol–water partition coefficient (Wildman–Crippen LogP) is 6.63. The van der Waals surface area contributed by atoms with Crippen molar-refractivity contribution >= 4 is 35.0 Å². The third-order valence-electron chi connectivity index (χ3n) is 7.00. The summed E-state index contributed by atoms with van der Waals surface area (Å²) in [6.07, 6.45) is 5.43. The standard InChI is InChI=1S/C31H34Cl2N2O3/c1-2-22-12-15-26(16-13-22)38-21-30(36)35(20-24-14-17-27(32)28(33)18-24)29(19-23-8-4-3-5-9-23)31(37)34-25-10-6-7-11-25/h3-5,8-9,12-18,25,29H,2,6-7,10-11,19-21H2,1H3,(H,34,37)/t29-/m1/s1. The van der Waals surface area contributed by atoms with E-state index in [1.165, 1.54) is 5.56 Å². The van der Waals surface area contributed by atoms with Gasteiger partial charge in [-0.1, -0.05) is 91.5 Å². The zero-order chi connectivity index (χ0) is 26.9. The number of carbonyl (C=O) groups is 2. The average Bonchev–Trinajstić information content (AvgIpc) is 3.45. The van der Waals surface area contributed by atoms with Gasteiger partial charge in [-0.25, -0.2) is 0 Å². The summed E-state index contributed by atoms with van der Waals surface area (Å²) in [4.78, 5) is 29.1. The van der Waals surface area contributed by atoms with Crippen molar-refractivity contribution in [3.63, 3.8) is 0 Å². The van der Waals surface area contributed by atoms with Gasteiger partial charge < -0.3 is 15.0 Å². The highest BCUT2D eigenvalue weighted by molar-refractivity contribution is 6.42. The molecule has 1 fully saturated rings. The molecule has 38 heavy (non-hydrogen) atoms. The molecule has 0 radical (unpaired) electrons. The van der Waals surface area contributed by atoms with Gasteiger partial charge in [0.25, 0.3) is 5.91 Å². The Kier molecular flexibility index (Phi) is 10.1. The van der Waals surface area contributed by atoms with E-state index in [4.69, 9.17) is 27.9 Å². The van der Waals surface area contributed by atoms with E-state index in [1.807, 2.05) is 60.7 Å². The van der Waals surface area contributed by atoms with Gasteiger partial charge in [-0.2, -0.15) is 0 Å². The van der Waals surface area contributed by atoms with Gasteiger partial charge >= 0.3 is 0 Å². The molecule has 0 heterocycles. The third-order valence-corrected chi connectivity index (χ3v) is 7.74. The molecule has 0 spiro atoms. The lowest BCUT2D eigenvalue weighted by molar-refractivity contribution is -0.143. The van der Waals surface area contributed by atoms with E-state index in [1.54, 1.807) is 17.0 Å². The van der Waals surface area contributed by atoms with Crippen molar-refractivity contribution in [1.82, 2.24) is 10.2 Å². The number of nitrogens with zero attached hydrogens (tertiary/aromatic N) is 1. The van der Waals surface area contributed by atoms with Crippen LogP contribution >= 0.6 is 23.2 Å². The van der Waals surface area contributed by atoms with Gasteiger partial charge in [-0.15, -0.1) is 0 Å². The molecule has 0 aromatic heterocycles. The van der Waals surface area contributed by atoms with Crippen LogP contribution in [-0.2, 0) is 29.0 Å². The first kappa shape index (κ1) is 28.0. The zero-order valence-corrected chi connectivity index (χ0v) is 23.2. The second kappa shape index (κ2) is 13.7. The molecule has 1 saturated carbocycles. The van der Waals surface area contributed by atoms with Gasteiger partial charge in [0, 0.05) is 19.0 Å². The van der Waals surface area contributed by atoms with Crippen LogP contribution in [0, 0.1) is 0 Å². The van der Waals surface area contributed by atoms with Gasteiger partial charge in [0.1, 0.15) is 11.8 Å². The van der Waals surface area contributed by atoms with Gasteiger partial charge in [-0.05, 0) is 60.2 Å². The monoisotopic (exact) mass is 552 g/mol. The van der Waals surface area contributed by atoms with Crippen LogP contribution in [-0.4, -0.2) is 35.4 Å². The number of halogens is 2. The molecule has 0 bridgehead atoms. The van der Waals surface area contributed by atoms with E-state index in [9.17, 15) is 9.59 Å². The number of rotatable bonds is 11. The fourth-order valence-electron chi connectivity index (χ4n) is 4.81. The largest absolute Gasteiger partial charge is 0.484 e. The Morgan fingerprint density at radius 2 is 1.61 bits per heavy atom. The number of hydrogen-bond acceptors (Lipinski definition) is 3. The fourth-order valence-corrected chi connectivity index (χ4v) is 5.13. The average molecular weight is 554 g/mol. The smallest absolute Gasteiger partial charge is 0.261 e. The number of ether oxygens (including phenoxy) is 1. The summed E-state index contributed by atoms with van der Waals surface area (Å²) in [6, 6.07) is 22.2. The molecule has 1 N–H and O–H groups in total. The maximum absolute atomic E-state index is 13.7. The topological polar surface area (TPSA) is 58.6 Å². The van der Waals surface area contributed by atoms with E-state index < -0.39 is 6.04 Å². The van der Waals surface area contributed by atoms with E-state index in [-0.39, 0.29) is 31.0 Å². The van der Waals surface area contributed by atoms with Gasteiger partial charge in [-0.3, -0.25) is 9.59 Å². The summed E-state index contributed by atoms with van der Waals surface area (Å²) in [5.74, 6) is 0.180. The molecule has 3 aromatic rings. The summed E-state index contributed by atoms with van der Waals surface area (Å²) >= 11 is 12.4. The van der Waals surface area contributed by atoms with Crippen molar-refractivity contribution < 1.29 is 14.3 Å². The minimum absolute atomic E-state index is 0.135. The summed E-state index contributed by atoms with van der Waals surface area (Å²) in [5, 5.41) is 4.05. The van der Waals surface area contributed by atoms with E-state index >= 15 is 0 Å². The zero-order valence-electron chi connectivity index (χ0n) is 21.7. The van der Waals surface area contributed by atoms with Crippen molar-refractivity contribution in [2.75, 3.05) is 6.61 Å². The molecule has 0 unspecified atom stereocenters. The normalized spacial score (nSPS) is 14.2. The lowest BCUT2D eigenvalue weighted by atomic mass is 10.0. The number of benzene rings is 3. The molecule has 2 amide bonds. The van der Waals surface area contributed by atoms with Crippen LogP contribution in [0.15, 0.2) is 72.8 Å². The molecule has 200 valence electrons. The number of nitrogens with one attached hydrogen (secondary N) is 1. The summed E-state index contributed by atoms with van der Waals surface area (Å²) in [5.41, 5.74) is 2.95. The van der Waals surface area contributed by atoms with Crippen molar-refractivity contribution in [1.29, 1.82) is 0 Å². The Bertz CT molecular complexity index is 1210. The van der Waals surface area contributed by atoms with Gasteiger partial charge in [0.2, 0.25) is 5.91 Å². The Morgan fingerprint density at radius 1 is 0.921 bits per heavy atom. The minimum atomic E-state index is -0.717. The lowest BCUT2D eigenvalue weighted by Crippen LogP contribution is -2.53. The second-order valence-electron chi connectivity index (χ2n) is 9.75. The lowest BCUT2D eigenvalue weighted by Gasteiger charge is -2.32. The first-order valence-corrected chi connectivity index (χ1v) is 14.0. The van der Waals surface area contributed by atoms with Crippen molar-refractivity contribution in [3.05, 3.63) is 99.5 Å². The molecular weight excluding hydrogens is 519 g/mol. The molecule has 3 aromatic carbocycles. The van der Waals surface area contributed by atoms with Crippen LogP contribution in [0.5, 0.6) is 5.75 Å². The van der Waals surface area contributed by atoms with Crippen LogP contribution in [0.1, 0.15) is 49.3 Å². The number of hydrogen-bond donors (Lipinski definition) is 1. The Morgan fingerprint density at radius 3 is 2.26 bits per heavy atom. The number of carbonyl (C=O) groups excluding carboxylic acids is 2. The SMILES string of the molecule is CCc1ccc(OCC(=O)N(Cc2ccc(Cl)c(Cl)c2)[C@H](Cc2ccccc2)C(=O)NC2CCCC2)cc1. The molecular formula is C31H34Cl2N2O3. The van der Waals surface area contributed by atoms with Crippen LogP contribution in [0.2, 0.25) is 10.0 Å². The van der Waals surface area contributed by atoms with Crippen molar-refractivity contribution in [2.24, 2.45) is 0 Å². The number of amides is 2. The summed E-state index contributed by atoms with van der Waals surface area (Å²) in [6.45, 7) is 2.10. The molecule has 1 aliphatic carbocycles. The van der Waals surface area contributed by atoms with E-state index in [2.05, 4.69) is 12.2 Å². The molecule has 1 aliphatic rings. The van der Waals surface area contributed by atoms with Crippen LogP contribution in [0.25, 0.3) is 0 Å². The minimum Gasteiger partial charge on any atom is -0.484 e. The molecule has 0 saturated heterocycles. The molecule has 7 heteroatoms. The van der Waals surface area contributed by atoms with Gasteiger partial charge in [0.15, 0.2) is 6.61 Å². The van der Waals surface area contributed by atoms with Crippen molar-refractivity contribution in [3.8, 4) is 5.75 Å². The highest BCUT2D eigenvalue weighted by Crippen LogP contribution is 2.25. The maximum atomic E-state index is 13.7. The Balaban J connectivity index is 1.61. The fraction of sp³-hybridized carbons (Fsp3) is 0.355. The van der Waals surface area contributed by atoms with E-state index in [0.29, 0.717) is 22.2 Å². The molecule has 1 atom stereocenters. The van der Waals surface area contributed by atoms with Crippen LogP contribution in [0.4, 0.5) is 0 Å². The second-order valence-corrected chi connectivity index (χ2v) is 10.6. The van der Waals surface area contributed by atoms with Crippen molar-refractivity contribution in [2.45, 2.75) is 64.1 Å². The summed E-state index contributed by atoms with van der Waals surface area (Å²) < 4.78 is 5.87. The quantitative estimate of drug-likeness (QED) is 0.290. The Labute approximate surface area is 235 Å². The van der Waals surface area contributed by atoms with Crippen LogP contribution in [0.3, 0.4) is 0 Å². The highest BCUT2D eigenvalue weighted by atomic mass is 35.5. The summed E-state index contributed by atoms with van der Waals surface area (Å²) in [7, 11) is 0. The predicted molar refractivity (Wildman–Crippen MR) is 153 cm³/mol. The first-order valence-electron chi connectivity index (χ1n) is 13.2. The number of aryl methyl sites for hydroxylation is 1. The van der Waals surface area contributed by atoms with Gasteiger partial charge in [0.05, 0.1) is 10.0 Å². The molecule has 0 aliphatic heterocycles. The first-order chi connectivity index (χ1) is 18.4.